The molecule has 0 saturated carbocycles. The van der Waals surface area contributed by atoms with E-state index in [-0.39, 0.29) is 24.7 Å². The van der Waals surface area contributed by atoms with E-state index in [2.05, 4.69) is 11.9 Å². The average molecular weight is 448 g/mol. The first kappa shape index (κ1) is 24.7. The molecule has 4 nitrogen and oxygen atoms in total. The monoisotopic (exact) mass is 448 g/mol. The predicted octanol–water partition coefficient (Wildman–Crippen LogP) is 4.52. The SMILES string of the molecule is C=C(/C=C\C=C/C)[C@]1(COCc2cc(C(F)(F)F)cc(C(F)(F)F)c2)C[C@H](N)C(=O)N1. The van der Waals surface area contributed by atoms with Crippen LogP contribution < -0.4 is 11.1 Å². The van der Waals surface area contributed by atoms with E-state index < -0.39 is 47.6 Å². The number of amides is 1. The van der Waals surface area contributed by atoms with Gasteiger partial charge in [-0.3, -0.25) is 4.79 Å². The number of benzene rings is 1. The maximum atomic E-state index is 13.0. The van der Waals surface area contributed by atoms with Crippen LogP contribution in [0.25, 0.3) is 0 Å². The third-order valence-electron chi connectivity index (χ3n) is 4.75. The number of carbonyl (C=O) groups excluding carboxylic acids is 1. The van der Waals surface area contributed by atoms with Crippen molar-refractivity contribution in [2.75, 3.05) is 6.61 Å². The lowest BCUT2D eigenvalue weighted by atomic mass is 9.88. The maximum absolute atomic E-state index is 13.0. The first-order valence-electron chi connectivity index (χ1n) is 9.21. The molecule has 1 saturated heterocycles. The van der Waals surface area contributed by atoms with Crippen LogP contribution in [0.5, 0.6) is 0 Å². The second-order valence-electron chi connectivity index (χ2n) is 7.20. The van der Waals surface area contributed by atoms with Crippen molar-refractivity contribution in [1.82, 2.24) is 5.32 Å². The smallest absolute Gasteiger partial charge is 0.374 e. The number of nitrogens with two attached hydrogens (primary N) is 1. The molecule has 1 aliphatic heterocycles. The quantitative estimate of drug-likeness (QED) is 0.477. The van der Waals surface area contributed by atoms with Crippen LogP contribution in [0.3, 0.4) is 0 Å². The zero-order chi connectivity index (χ0) is 23.4. The number of ether oxygens (including phenoxy) is 1. The van der Waals surface area contributed by atoms with Crippen LogP contribution in [0.4, 0.5) is 26.3 Å². The van der Waals surface area contributed by atoms with Gasteiger partial charge in [0.05, 0.1) is 35.9 Å². The molecule has 0 radical (unpaired) electrons. The molecule has 0 bridgehead atoms. The molecule has 170 valence electrons. The average Bonchev–Trinajstić information content (AvgIpc) is 2.95. The molecule has 3 N–H and O–H groups in total. The summed E-state index contributed by atoms with van der Waals surface area (Å²) in [7, 11) is 0. The summed E-state index contributed by atoms with van der Waals surface area (Å²) in [4.78, 5) is 11.9. The Hall–Kier alpha value is -2.59. The Morgan fingerprint density at radius 2 is 1.77 bits per heavy atom. The molecule has 0 unspecified atom stereocenters. The summed E-state index contributed by atoms with van der Waals surface area (Å²) in [6.07, 6.45) is -3.02. The van der Waals surface area contributed by atoms with Gasteiger partial charge in [0.25, 0.3) is 0 Å². The van der Waals surface area contributed by atoms with Gasteiger partial charge in [0.1, 0.15) is 0 Å². The molecule has 1 aromatic rings. The van der Waals surface area contributed by atoms with E-state index in [1.54, 1.807) is 31.2 Å². The third-order valence-corrected chi connectivity index (χ3v) is 4.75. The van der Waals surface area contributed by atoms with Crippen LogP contribution in [-0.2, 0) is 28.5 Å². The molecule has 10 heteroatoms. The van der Waals surface area contributed by atoms with Crippen LogP contribution >= 0.6 is 0 Å². The fraction of sp³-hybridized carbons (Fsp3) is 0.381. The van der Waals surface area contributed by atoms with Gasteiger partial charge in [-0.15, -0.1) is 0 Å². The zero-order valence-corrected chi connectivity index (χ0v) is 16.6. The van der Waals surface area contributed by atoms with E-state index in [1.807, 2.05) is 0 Å². The summed E-state index contributed by atoms with van der Waals surface area (Å²) in [6.45, 7) is 4.93. The van der Waals surface area contributed by atoms with Gasteiger partial charge in [-0.25, -0.2) is 0 Å². The molecule has 0 aromatic heterocycles. The Kier molecular flexibility index (Phi) is 7.38. The molecule has 1 aliphatic rings. The highest BCUT2D eigenvalue weighted by Gasteiger charge is 2.44. The van der Waals surface area contributed by atoms with Crippen molar-refractivity contribution in [3.63, 3.8) is 0 Å². The molecular weight excluding hydrogens is 426 g/mol. The maximum Gasteiger partial charge on any atom is 0.416 e. The van der Waals surface area contributed by atoms with Crippen LogP contribution in [0.15, 0.2) is 54.7 Å². The topological polar surface area (TPSA) is 64.3 Å². The highest BCUT2D eigenvalue weighted by Crippen LogP contribution is 2.36. The zero-order valence-electron chi connectivity index (χ0n) is 16.6. The fourth-order valence-electron chi connectivity index (χ4n) is 3.13. The van der Waals surface area contributed by atoms with E-state index in [9.17, 15) is 31.1 Å². The number of rotatable bonds is 7. The second kappa shape index (κ2) is 9.27. The van der Waals surface area contributed by atoms with Gasteiger partial charge in [-0.2, -0.15) is 26.3 Å². The Morgan fingerprint density at radius 3 is 2.23 bits per heavy atom. The minimum Gasteiger partial charge on any atom is -0.374 e. The van der Waals surface area contributed by atoms with Crippen molar-refractivity contribution in [1.29, 1.82) is 0 Å². The van der Waals surface area contributed by atoms with E-state index >= 15 is 0 Å². The largest absolute Gasteiger partial charge is 0.416 e. The number of hydrogen-bond acceptors (Lipinski definition) is 3. The lowest BCUT2D eigenvalue weighted by Gasteiger charge is -2.30. The van der Waals surface area contributed by atoms with Gasteiger partial charge in [0.15, 0.2) is 0 Å². The Morgan fingerprint density at radius 1 is 1.19 bits per heavy atom. The molecule has 0 aliphatic carbocycles. The van der Waals surface area contributed by atoms with Crippen molar-refractivity contribution in [3.8, 4) is 0 Å². The van der Waals surface area contributed by atoms with Crippen LogP contribution in [0.1, 0.15) is 30.0 Å². The van der Waals surface area contributed by atoms with Gasteiger partial charge < -0.3 is 15.8 Å². The summed E-state index contributed by atoms with van der Waals surface area (Å²) in [5, 5.41) is 2.68. The minimum atomic E-state index is -4.95. The Labute approximate surface area is 175 Å². The van der Waals surface area contributed by atoms with Gasteiger partial charge in [-0.1, -0.05) is 30.9 Å². The first-order chi connectivity index (χ1) is 14.3. The standard InChI is InChI=1S/C21H22F6N2O2/c1-3-4-5-6-13(2)19(10-17(28)18(30)29-19)12-31-11-14-7-15(20(22,23)24)9-16(8-14)21(25,26)27/h3-9,17H,2,10-12,28H2,1H3,(H,29,30)/b4-3-,6-5-/t17-,19+/m0/s1. The molecule has 2 rings (SSSR count). The number of alkyl halides is 6. The molecule has 1 fully saturated rings. The van der Waals surface area contributed by atoms with Crippen LogP contribution in [-0.4, -0.2) is 24.1 Å². The number of allylic oxidation sites excluding steroid dienone is 3. The normalized spacial score (nSPS) is 22.5. The third kappa shape index (κ3) is 6.20. The summed E-state index contributed by atoms with van der Waals surface area (Å²) in [6, 6.07) is 0.402. The number of halogens is 6. The lowest BCUT2D eigenvalue weighted by Crippen LogP contribution is -2.46. The Bertz CT molecular complexity index is 857. The van der Waals surface area contributed by atoms with Gasteiger partial charge in [0, 0.05) is 6.42 Å². The van der Waals surface area contributed by atoms with Crippen molar-refractivity contribution < 1.29 is 35.9 Å². The van der Waals surface area contributed by atoms with E-state index in [4.69, 9.17) is 10.5 Å². The Balaban J connectivity index is 2.24. The summed E-state index contributed by atoms with van der Waals surface area (Å²) in [5.41, 5.74) is 1.93. The molecule has 1 heterocycles. The number of nitrogens with one attached hydrogen (secondary N) is 1. The number of hydrogen-bond donors (Lipinski definition) is 2. The molecule has 1 aromatic carbocycles. The van der Waals surface area contributed by atoms with Crippen molar-refractivity contribution >= 4 is 5.91 Å². The second-order valence-corrected chi connectivity index (χ2v) is 7.20. The van der Waals surface area contributed by atoms with Crippen molar-refractivity contribution in [2.45, 2.75) is 43.9 Å². The van der Waals surface area contributed by atoms with E-state index in [0.29, 0.717) is 17.7 Å². The molecule has 2 atom stereocenters. The minimum absolute atomic E-state index is 0.0507. The highest BCUT2D eigenvalue weighted by molar-refractivity contribution is 5.86. The van der Waals surface area contributed by atoms with Gasteiger partial charge >= 0.3 is 12.4 Å². The van der Waals surface area contributed by atoms with Crippen molar-refractivity contribution in [2.24, 2.45) is 5.73 Å². The summed E-state index contributed by atoms with van der Waals surface area (Å²) in [5.74, 6) is -0.456. The molecule has 31 heavy (non-hydrogen) atoms. The van der Waals surface area contributed by atoms with E-state index in [1.165, 1.54) is 0 Å². The molecular formula is C21H22F6N2O2. The predicted molar refractivity (Wildman–Crippen MR) is 103 cm³/mol. The van der Waals surface area contributed by atoms with Crippen molar-refractivity contribution in [3.05, 3.63) is 71.3 Å². The van der Waals surface area contributed by atoms with Gasteiger partial charge in [0.2, 0.25) is 5.91 Å². The summed E-state index contributed by atoms with van der Waals surface area (Å²) >= 11 is 0. The van der Waals surface area contributed by atoms with E-state index in [0.717, 1.165) is 0 Å². The first-order valence-corrected chi connectivity index (χ1v) is 9.21. The molecule has 1 amide bonds. The fourth-order valence-corrected chi connectivity index (χ4v) is 3.13. The lowest BCUT2D eigenvalue weighted by molar-refractivity contribution is -0.143. The highest BCUT2D eigenvalue weighted by atomic mass is 19.4. The molecule has 0 spiro atoms. The number of carbonyl (C=O) groups is 1. The summed E-state index contributed by atoms with van der Waals surface area (Å²) < 4.78 is 83.5. The van der Waals surface area contributed by atoms with Crippen LogP contribution in [0, 0.1) is 0 Å². The van der Waals surface area contributed by atoms with Crippen LogP contribution in [0.2, 0.25) is 0 Å². The van der Waals surface area contributed by atoms with Gasteiger partial charge in [-0.05, 0) is 36.3 Å².